The molecule has 0 aliphatic heterocycles. The van der Waals surface area contributed by atoms with Gasteiger partial charge >= 0.3 is 0 Å². The molecule has 0 aromatic carbocycles. The summed E-state index contributed by atoms with van der Waals surface area (Å²) in [5, 5.41) is 11.0. The van der Waals surface area contributed by atoms with E-state index in [1.54, 1.807) is 18.7 Å². The average molecular weight is 330 g/mol. The van der Waals surface area contributed by atoms with Crippen LogP contribution in [0.3, 0.4) is 0 Å². The first-order chi connectivity index (χ1) is 7.79. The normalized spacial score (nSPS) is 10.4. The van der Waals surface area contributed by atoms with Crippen molar-refractivity contribution in [3.05, 3.63) is 28.1 Å². The number of hydrogen-bond acceptors (Lipinski definition) is 5. The van der Waals surface area contributed by atoms with Gasteiger partial charge in [0.1, 0.15) is 6.33 Å². The summed E-state index contributed by atoms with van der Waals surface area (Å²) in [4.78, 5) is 8.29. The van der Waals surface area contributed by atoms with Crippen LogP contribution in [0.1, 0.15) is 12.7 Å². The first-order valence-electron chi connectivity index (χ1n) is 4.87. The number of aromatic nitrogens is 5. The van der Waals surface area contributed by atoms with E-state index in [2.05, 4.69) is 48.1 Å². The molecule has 0 bridgehead atoms. The van der Waals surface area contributed by atoms with E-state index < -0.39 is 0 Å². The molecule has 0 atom stereocenters. The van der Waals surface area contributed by atoms with Crippen molar-refractivity contribution in [2.24, 2.45) is 0 Å². The average Bonchev–Trinajstić information content (AvgIpc) is 2.76. The number of hydrogen-bond donors (Lipinski definition) is 1. The van der Waals surface area contributed by atoms with E-state index in [1.165, 1.54) is 0 Å². The standard InChI is InChI=1S/C9H11IN6/c1-2-16-6-14-15-8(16)5-13-9-11-3-7(10)4-12-9/h3-4,6H,2,5H2,1H3,(H,11,12,13). The zero-order valence-corrected chi connectivity index (χ0v) is 10.9. The number of aryl methyl sites for hydroxylation is 1. The van der Waals surface area contributed by atoms with Crippen molar-refractivity contribution in [2.75, 3.05) is 5.32 Å². The van der Waals surface area contributed by atoms with Gasteiger partial charge in [-0.15, -0.1) is 10.2 Å². The molecule has 16 heavy (non-hydrogen) atoms. The Hall–Kier alpha value is -1.25. The Bertz CT molecular complexity index is 451. The van der Waals surface area contributed by atoms with Crippen LogP contribution in [0.5, 0.6) is 0 Å². The molecule has 2 aromatic heterocycles. The van der Waals surface area contributed by atoms with E-state index in [-0.39, 0.29) is 0 Å². The lowest BCUT2D eigenvalue weighted by Crippen LogP contribution is -2.09. The molecule has 0 saturated heterocycles. The molecule has 0 saturated carbocycles. The Morgan fingerprint density at radius 3 is 2.81 bits per heavy atom. The lowest BCUT2D eigenvalue weighted by molar-refractivity contribution is 0.706. The highest BCUT2D eigenvalue weighted by Gasteiger charge is 2.02. The Morgan fingerprint density at radius 1 is 1.38 bits per heavy atom. The predicted molar refractivity (Wildman–Crippen MR) is 67.8 cm³/mol. The number of nitrogens with one attached hydrogen (secondary N) is 1. The fourth-order valence-corrected chi connectivity index (χ4v) is 1.52. The monoisotopic (exact) mass is 330 g/mol. The van der Waals surface area contributed by atoms with Gasteiger partial charge in [-0.3, -0.25) is 0 Å². The Kier molecular flexibility index (Phi) is 3.65. The molecule has 2 aromatic rings. The maximum absolute atomic E-state index is 4.15. The number of nitrogens with zero attached hydrogens (tertiary/aromatic N) is 5. The van der Waals surface area contributed by atoms with E-state index in [4.69, 9.17) is 0 Å². The van der Waals surface area contributed by atoms with Crippen LogP contribution in [-0.4, -0.2) is 24.7 Å². The minimum absolute atomic E-state index is 0.578. The maximum Gasteiger partial charge on any atom is 0.223 e. The lowest BCUT2D eigenvalue weighted by atomic mass is 10.5. The van der Waals surface area contributed by atoms with Crippen LogP contribution >= 0.6 is 22.6 Å². The summed E-state index contributed by atoms with van der Waals surface area (Å²) in [5.41, 5.74) is 0. The molecule has 6 nitrogen and oxygen atoms in total. The molecular formula is C9H11IN6. The minimum atomic E-state index is 0.578. The van der Waals surface area contributed by atoms with E-state index in [9.17, 15) is 0 Å². The van der Waals surface area contributed by atoms with Crippen molar-refractivity contribution >= 4 is 28.5 Å². The second kappa shape index (κ2) is 5.19. The molecule has 7 heteroatoms. The van der Waals surface area contributed by atoms with Crippen LogP contribution in [0, 0.1) is 3.57 Å². The Morgan fingerprint density at radius 2 is 2.12 bits per heavy atom. The van der Waals surface area contributed by atoms with E-state index >= 15 is 0 Å². The highest BCUT2D eigenvalue weighted by molar-refractivity contribution is 14.1. The third kappa shape index (κ3) is 2.65. The van der Waals surface area contributed by atoms with Crippen LogP contribution in [0.25, 0.3) is 0 Å². The van der Waals surface area contributed by atoms with Crippen LogP contribution < -0.4 is 5.32 Å². The minimum Gasteiger partial charge on any atom is -0.347 e. The molecule has 1 N–H and O–H groups in total. The van der Waals surface area contributed by atoms with Gasteiger partial charge in [-0.05, 0) is 29.5 Å². The van der Waals surface area contributed by atoms with Crippen molar-refractivity contribution < 1.29 is 0 Å². The molecular weight excluding hydrogens is 319 g/mol. The highest BCUT2D eigenvalue weighted by atomic mass is 127. The van der Waals surface area contributed by atoms with Crippen molar-refractivity contribution in [1.29, 1.82) is 0 Å². The quantitative estimate of drug-likeness (QED) is 0.856. The molecule has 0 fully saturated rings. The fraction of sp³-hybridized carbons (Fsp3) is 0.333. The summed E-state index contributed by atoms with van der Waals surface area (Å²) in [5.74, 6) is 1.48. The first-order valence-corrected chi connectivity index (χ1v) is 5.95. The molecule has 0 aliphatic rings. The molecule has 2 rings (SSSR count). The van der Waals surface area contributed by atoms with E-state index in [0.29, 0.717) is 12.5 Å². The van der Waals surface area contributed by atoms with Crippen LogP contribution in [0.15, 0.2) is 18.7 Å². The highest BCUT2D eigenvalue weighted by Crippen LogP contribution is 2.04. The summed E-state index contributed by atoms with van der Waals surface area (Å²) in [7, 11) is 0. The molecule has 0 unspecified atom stereocenters. The van der Waals surface area contributed by atoms with Gasteiger partial charge < -0.3 is 9.88 Å². The van der Waals surface area contributed by atoms with Gasteiger partial charge in [0.2, 0.25) is 5.95 Å². The molecule has 2 heterocycles. The van der Waals surface area contributed by atoms with Crippen molar-refractivity contribution in [3.8, 4) is 0 Å². The maximum atomic E-state index is 4.15. The lowest BCUT2D eigenvalue weighted by Gasteiger charge is -2.04. The largest absolute Gasteiger partial charge is 0.347 e. The molecule has 0 spiro atoms. The second-order valence-electron chi connectivity index (χ2n) is 3.11. The summed E-state index contributed by atoms with van der Waals surface area (Å²) in [6.07, 6.45) is 5.24. The van der Waals surface area contributed by atoms with Crippen LogP contribution in [0.2, 0.25) is 0 Å². The third-order valence-corrected chi connectivity index (χ3v) is 2.62. The van der Waals surface area contributed by atoms with Gasteiger partial charge in [-0.2, -0.15) is 0 Å². The molecule has 0 radical (unpaired) electrons. The van der Waals surface area contributed by atoms with Crippen molar-refractivity contribution in [2.45, 2.75) is 20.0 Å². The SMILES string of the molecule is CCn1cnnc1CNc1ncc(I)cn1. The van der Waals surface area contributed by atoms with Gasteiger partial charge in [0.05, 0.1) is 6.54 Å². The van der Waals surface area contributed by atoms with Gasteiger partial charge in [0.25, 0.3) is 0 Å². The number of rotatable bonds is 4. The Balaban J connectivity index is 1.99. The number of halogens is 1. The summed E-state index contributed by atoms with van der Waals surface area (Å²) in [6, 6.07) is 0. The van der Waals surface area contributed by atoms with Gasteiger partial charge in [0.15, 0.2) is 5.82 Å². The summed E-state index contributed by atoms with van der Waals surface area (Å²) in [6.45, 7) is 3.49. The van der Waals surface area contributed by atoms with Crippen LogP contribution in [-0.2, 0) is 13.1 Å². The Labute approximate surface area is 107 Å². The van der Waals surface area contributed by atoms with Gasteiger partial charge in [-0.1, -0.05) is 0 Å². The van der Waals surface area contributed by atoms with Crippen LogP contribution in [0.4, 0.5) is 5.95 Å². The van der Waals surface area contributed by atoms with Crippen molar-refractivity contribution in [3.63, 3.8) is 0 Å². The molecule has 84 valence electrons. The fourth-order valence-electron chi connectivity index (χ4n) is 1.24. The molecule has 0 aliphatic carbocycles. The zero-order valence-electron chi connectivity index (χ0n) is 8.76. The predicted octanol–water partition coefficient (Wildman–Crippen LogP) is 1.30. The first kappa shape index (κ1) is 11.2. The summed E-state index contributed by atoms with van der Waals surface area (Å²) >= 11 is 2.17. The topological polar surface area (TPSA) is 68.5 Å². The van der Waals surface area contributed by atoms with E-state index in [0.717, 1.165) is 15.9 Å². The number of anilines is 1. The van der Waals surface area contributed by atoms with E-state index in [1.807, 2.05) is 11.5 Å². The molecule has 0 amide bonds. The van der Waals surface area contributed by atoms with Gasteiger partial charge in [-0.25, -0.2) is 9.97 Å². The third-order valence-electron chi connectivity index (χ3n) is 2.06. The zero-order chi connectivity index (χ0) is 11.4. The second-order valence-corrected chi connectivity index (χ2v) is 4.36. The van der Waals surface area contributed by atoms with Gasteiger partial charge in [0, 0.05) is 22.5 Å². The summed E-state index contributed by atoms with van der Waals surface area (Å²) < 4.78 is 2.99. The van der Waals surface area contributed by atoms with Crippen molar-refractivity contribution in [1.82, 2.24) is 24.7 Å². The smallest absolute Gasteiger partial charge is 0.223 e.